The van der Waals surface area contributed by atoms with E-state index in [1.54, 1.807) is 18.2 Å². The van der Waals surface area contributed by atoms with E-state index in [9.17, 15) is 9.90 Å². The van der Waals surface area contributed by atoms with Crippen LogP contribution in [0.25, 0.3) is 0 Å². The summed E-state index contributed by atoms with van der Waals surface area (Å²) in [6, 6.07) is 5.48. The van der Waals surface area contributed by atoms with Gasteiger partial charge < -0.3 is 10.0 Å². The molecule has 0 saturated carbocycles. The van der Waals surface area contributed by atoms with Gasteiger partial charge in [0.05, 0.1) is 5.56 Å². The number of benzene rings is 1. The lowest BCUT2D eigenvalue weighted by Gasteiger charge is -2.24. The predicted octanol–water partition coefficient (Wildman–Crippen LogP) is 3.01. The lowest BCUT2D eigenvalue weighted by Crippen LogP contribution is -2.35. The Kier molecular flexibility index (Phi) is 3.91. The fraction of sp³-hybridized carbons (Fsp3) is 0.462. The second kappa shape index (κ2) is 5.25. The van der Waals surface area contributed by atoms with E-state index in [0.29, 0.717) is 11.6 Å². The number of likely N-dealkylation sites (tertiary alicyclic amines) is 1. The number of amides is 1. The Morgan fingerprint density at radius 1 is 1.59 bits per heavy atom. The van der Waals surface area contributed by atoms with Gasteiger partial charge in [-0.25, -0.2) is 0 Å². The maximum Gasteiger partial charge on any atom is 0.257 e. The van der Waals surface area contributed by atoms with Crippen LogP contribution in [-0.4, -0.2) is 28.5 Å². The summed E-state index contributed by atoms with van der Waals surface area (Å²) in [5, 5.41) is 9.77. The molecule has 0 spiro atoms. The highest BCUT2D eigenvalue weighted by molar-refractivity contribution is 14.1. The Labute approximate surface area is 115 Å². The van der Waals surface area contributed by atoms with Crippen molar-refractivity contribution in [3.8, 4) is 5.75 Å². The molecule has 1 aliphatic rings. The second-order valence-corrected chi connectivity index (χ2v) is 5.61. The number of phenolic OH excluding ortho intramolecular Hbond substituents is 1. The summed E-state index contributed by atoms with van der Waals surface area (Å²) in [6.07, 6.45) is 3.12. The van der Waals surface area contributed by atoms with Crippen LogP contribution in [0.2, 0.25) is 0 Å². The summed E-state index contributed by atoms with van der Waals surface area (Å²) in [7, 11) is 0. The number of hydrogen-bond donors (Lipinski definition) is 1. The van der Waals surface area contributed by atoms with Gasteiger partial charge in [0.15, 0.2) is 0 Å². The molecule has 3 nitrogen and oxygen atoms in total. The molecule has 92 valence electrons. The zero-order valence-electron chi connectivity index (χ0n) is 9.82. The molecule has 1 unspecified atom stereocenters. The van der Waals surface area contributed by atoms with Gasteiger partial charge in [0.1, 0.15) is 5.75 Å². The Balaban J connectivity index is 2.27. The van der Waals surface area contributed by atoms with Crippen LogP contribution >= 0.6 is 22.6 Å². The third-order valence-corrected chi connectivity index (χ3v) is 3.97. The SMILES string of the molecule is CCC1CCCN1C(=O)c1cc(I)ccc1O. The topological polar surface area (TPSA) is 40.5 Å². The lowest BCUT2D eigenvalue weighted by molar-refractivity contribution is 0.0730. The fourth-order valence-corrected chi connectivity index (χ4v) is 2.85. The van der Waals surface area contributed by atoms with Crippen LogP contribution in [0.4, 0.5) is 0 Å². The van der Waals surface area contributed by atoms with Gasteiger partial charge in [0.25, 0.3) is 5.91 Å². The third kappa shape index (κ3) is 2.56. The monoisotopic (exact) mass is 345 g/mol. The first-order valence-corrected chi connectivity index (χ1v) is 7.01. The number of halogens is 1. The van der Waals surface area contributed by atoms with E-state index in [-0.39, 0.29) is 11.7 Å². The van der Waals surface area contributed by atoms with Crippen LogP contribution in [-0.2, 0) is 0 Å². The average Bonchev–Trinajstić information content (AvgIpc) is 2.79. The number of phenols is 1. The van der Waals surface area contributed by atoms with Crippen LogP contribution in [0.5, 0.6) is 5.75 Å². The number of carbonyl (C=O) groups is 1. The van der Waals surface area contributed by atoms with Crippen LogP contribution in [0, 0.1) is 3.57 Å². The van der Waals surface area contributed by atoms with E-state index in [1.165, 1.54) is 0 Å². The molecule has 1 atom stereocenters. The van der Waals surface area contributed by atoms with Crippen molar-refractivity contribution >= 4 is 28.5 Å². The van der Waals surface area contributed by atoms with Gasteiger partial charge >= 0.3 is 0 Å². The quantitative estimate of drug-likeness (QED) is 0.838. The minimum Gasteiger partial charge on any atom is -0.507 e. The van der Waals surface area contributed by atoms with Crippen molar-refractivity contribution < 1.29 is 9.90 Å². The van der Waals surface area contributed by atoms with E-state index in [1.807, 2.05) is 4.90 Å². The molecular formula is C13H16INO2. The molecule has 1 N–H and O–H groups in total. The summed E-state index contributed by atoms with van der Waals surface area (Å²) in [5.74, 6) is 0.0440. The van der Waals surface area contributed by atoms with E-state index in [4.69, 9.17) is 0 Å². The summed E-state index contributed by atoms with van der Waals surface area (Å²) in [5.41, 5.74) is 0.428. The molecule has 1 fully saturated rings. The molecule has 0 radical (unpaired) electrons. The molecule has 4 heteroatoms. The Morgan fingerprint density at radius 3 is 3.06 bits per heavy atom. The van der Waals surface area contributed by atoms with Gasteiger partial charge in [0.2, 0.25) is 0 Å². The fourth-order valence-electron chi connectivity index (χ4n) is 2.36. The van der Waals surface area contributed by atoms with Crippen LogP contribution in [0.3, 0.4) is 0 Å². The Bertz CT molecular complexity index is 433. The summed E-state index contributed by atoms with van der Waals surface area (Å²) in [4.78, 5) is 14.2. The molecule has 2 rings (SSSR count). The lowest BCUT2D eigenvalue weighted by atomic mass is 10.1. The van der Waals surface area contributed by atoms with Gasteiger partial charge in [-0.3, -0.25) is 4.79 Å². The van der Waals surface area contributed by atoms with Crippen LogP contribution < -0.4 is 0 Å². The Hall–Kier alpha value is -0.780. The van der Waals surface area contributed by atoms with Gasteiger partial charge in [-0.2, -0.15) is 0 Å². The minimum absolute atomic E-state index is 0.0367. The molecule has 1 amide bonds. The Morgan fingerprint density at radius 2 is 2.35 bits per heavy atom. The number of hydrogen-bond acceptors (Lipinski definition) is 2. The van der Waals surface area contributed by atoms with E-state index >= 15 is 0 Å². The standard InChI is InChI=1S/C13H16INO2/c1-2-10-4-3-7-15(10)13(17)11-8-9(14)5-6-12(11)16/h5-6,8,10,16H,2-4,7H2,1H3. The van der Waals surface area contributed by atoms with Crippen molar-refractivity contribution in [2.45, 2.75) is 32.2 Å². The highest BCUT2D eigenvalue weighted by atomic mass is 127. The van der Waals surface area contributed by atoms with E-state index in [2.05, 4.69) is 29.5 Å². The molecule has 1 aromatic carbocycles. The molecule has 1 heterocycles. The second-order valence-electron chi connectivity index (χ2n) is 4.36. The first-order valence-electron chi connectivity index (χ1n) is 5.93. The number of carbonyl (C=O) groups excluding carboxylic acids is 1. The van der Waals surface area contributed by atoms with Crippen molar-refractivity contribution in [3.63, 3.8) is 0 Å². The van der Waals surface area contributed by atoms with E-state index in [0.717, 1.165) is 29.4 Å². The van der Waals surface area contributed by atoms with Crippen LogP contribution in [0.15, 0.2) is 18.2 Å². The van der Waals surface area contributed by atoms with Crippen molar-refractivity contribution in [3.05, 3.63) is 27.3 Å². The zero-order chi connectivity index (χ0) is 12.4. The largest absolute Gasteiger partial charge is 0.507 e. The molecule has 0 bridgehead atoms. The summed E-state index contributed by atoms with van der Waals surface area (Å²) in [6.45, 7) is 2.91. The molecule has 1 aliphatic heterocycles. The molecule has 1 aromatic rings. The number of aromatic hydroxyl groups is 1. The maximum absolute atomic E-state index is 12.4. The molecule has 1 saturated heterocycles. The van der Waals surface area contributed by atoms with Gasteiger partial charge in [-0.05, 0) is 60.1 Å². The van der Waals surface area contributed by atoms with Crippen molar-refractivity contribution in [2.24, 2.45) is 0 Å². The predicted molar refractivity (Wildman–Crippen MR) is 75.2 cm³/mol. The van der Waals surface area contributed by atoms with Gasteiger partial charge in [-0.15, -0.1) is 0 Å². The van der Waals surface area contributed by atoms with E-state index < -0.39 is 0 Å². The highest BCUT2D eigenvalue weighted by Crippen LogP contribution is 2.26. The normalized spacial score (nSPS) is 19.6. The van der Waals surface area contributed by atoms with Gasteiger partial charge in [0, 0.05) is 16.2 Å². The van der Waals surface area contributed by atoms with Crippen molar-refractivity contribution in [1.29, 1.82) is 0 Å². The van der Waals surface area contributed by atoms with Crippen LogP contribution in [0.1, 0.15) is 36.5 Å². The summed E-state index contributed by atoms with van der Waals surface area (Å²) >= 11 is 2.15. The summed E-state index contributed by atoms with van der Waals surface area (Å²) < 4.78 is 0.969. The van der Waals surface area contributed by atoms with Gasteiger partial charge in [-0.1, -0.05) is 6.92 Å². The highest BCUT2D eigenvalue weighted by Gasteiger charge is 2.29. The first kappa shape index (κ1) is 12.7. The first-order chi connectivity index (χ1) is 8.13. The molecule has 17 heavy (non-hydrogen) atoms. The average molecular weight is 345 g/mol. The maximum atomic E-state index is 12.4. The number of nitrogens with zero attached hydrogens (tertiary/aromatic N) is 1. The molecule has 0 aromatic heterocycles. The molecule has 0 aliphatic carbocycles. The smallest absolute Gasteiger partial charge is 0.257 e. The minimum atomic E-state index is -0.0367. The number of rotatable bonds is 2. The zero-order valence-corrected chi connectivity index (χ0v) is 12.0. The van der Waals surface area contributed by atoms with Crippen molar-refractivity contribution in [1.82, 2.24) is 4.90 Å². The molecular weight excluding hydrogens is 329 g/mol. The van der Waals surface area contributed by atoms with Crippen molar-refractivity contribution in [2.75, 3.05) is 6.54 Å². The third-order valence-electron chi connectivity index (χ3n) is 3.30.